The number of para-hydroxylation sites is 2. The topological polar surface area (TPSA) is 48.0 Å². The van der Waals surface area contributed by atoms with Crippen molar-refractivity contribution in [1.82, 2.24) is 24.1 Å². The molecule has 4 aromatic heterocycles. The van der Waals surface area contributed by atoms with Crippen LogP contribution in [0.3, 0.4) is 0 Å². The van der Waals surface area contributed by atoms with E-state index in [-0.39, 0.29) is 0 Å². The normalized spacial score (nSPS) is 11.5. The van der Waals surface area contributed by atoms with E-state index >= 15 is 0 Å². The summed E-state index contributed by atoms with van der Waals surface area (Å²) in [4.78, 5) is 10.4. The molecule has 12 aromatic rings. The third-order valence-electron chi connectivity index (χ3n) is 11.9. The summed E-state index contributed by atoms with van der Waals surface area (Å²) in [6.45, 7) is 0. The molecule has 0 saturated carbocycles. The fourth-order valence-electron chi connectivity index (χ4n) is 9.05. The van der Waals surface area contributed by atoms with Crippen LogP contribution in [0.4, 0.5) is 0 Å². The molecule has 0 aliphatic carbocycles. The Balaban J connectivity index is 1.03. The zero-order valence-corrected chi connectivity index (χ0v) is 33.6. The molecule has 0 unspecified atom stereocenters. The number of pyridine rings is 1. The van der Waals surface area contributed by atoms with Gasteiger partial charge in [0.15, 0.2) is 5.82 Å². The minimum Gasteiger partial charge on any atom is -0.309 e. The van der Waals surface area contributed by atoms with Gasteiger partial charge in [0.25, 0.3) is 0 Å². The minimum atomic E-state index is 0.673. The quantitative estimate of drug-likeness (QED) is 0.162. The van der Waals surface area contributed by atoms with Crippen LogP contribution in [0.15, 0.2) is 224 Å². The number of benzene rings is 8. The molecule has 0 spiro atoms. The van der Waals surface area contributed by atoms with Crippen molar-refractivity contribution in [3.05, 3.63) is 224 Å². The number of hydrogen-bond acceptors (Lipinski definition) is 3. The van der Waals surface area contributed by atoms with Crippen LogP contribution in [0.25, 0.3) is 111 Å². The van der Waals surface area contributed by atoms with Crippen LogP contribution in [0.2, 0.25) is 0 Å². The van der Waals surface area contributed by atoms with Crippen LogP contribution in [0, 0.1) is 0 Å². The number of hydrogen-bond donors (Lipinski definition) is 0. The summed E-state index contributed by atoms with van der Waals surface area (Å²) in [5, 5.41) is 10.3. The summed E-state index contributed by atoms with van der Waals surface area (Å²) >= 11 is 0. The average molecular weight is 792 g/mol. The zero-order valence-electron chi connectivity index (χ0n) is 33.6. The molecule has 0 atom stereocenters. The second kappa shape index (κ2) is 14.7. The molecule has 0 fully saturated rings. The van der Waals surface area contributed by atoms with E-state index in [9.17, 15) is 0 Å². The second-order valence-corrected chi connectivity index (χ2v) is 15.7. The first-order valence-electron chi connectivity index (χ1n) is 20.9. The molecule has 0 radical (unpaired) electrons. The van der Waals surface area contributed by atoms with Gasteiger partial charge in [-0.2, -0.15) is 5.10 Å². The molecule has 62 heavy (non-hydrogen) atoms. The standard InChI is InChI=1S/C57H37N5/c1-4-17-39(18-5-1)53-36-42-23-10-11-26-46(42)56-54(40-19-6-2-7-20-40)55(60-62(53)56)44-25-16-24-43(35-44)50-37-49(58-57(59-50)41-21-8-3-9-22-41)38-31-33-45(34-32-38)61-51-29-14-12-27-47(51)48-28-13-15-30-52(48)61/h1-37H. The molecular weight excluding hydrogens is 755 g/mol. The lowest BCUT2D eigenvalue weighted by atomic mass is 9.95. The summed E-state index contributed by atoms with van der Waals surface area (Å²) in [6.07, 6.45) is 0. The van der Waals surface area contributed by atoms with E-state index in [1.165, 1.54) is 27.2 Å². The maximum absolute atomic E-state index is 5.50. The van der Waals surface area contributed by atoms with Crippen molar-refractivity contribution >= 4 is 38.1 Å². The molecule has 8 aromatic carbocycles. The van der Waals surface area contributed by atoms with E-state index in [0.29, 0.717) is 5.82 Å². The van der Waals surface area contributed by atoms with Crippen molar-refractivity contribution in [3.63, 3.8) is 0 Å². The van der Waals surface area contributed by atoms with Crippen LogP contribution in [0.1, 0.15) is 0 Å². The first kappa shape index (κ1) is 35.5. The van der Waals surface area contributed by atoms with Gasteiger partial charge < -0.3 is 4.57 Å². The van der Waals surface area contributed by atoms with Crippen LogP contribution in [-0.4, -0.2) is 24.1 Å². The average Bonchev–Trinajstić information content (AvgIpc) is 3.92. The maximum Gasteiger partial charge on any atom is 0.160 e. The van der Waals surface area contributed by atoms with Crippen molar-refractivity contribution < 1.29 is 0 Å². The third-order valence-corrected chi connectivity index (χ3v) is 11.9. The third kappa shape index (κ3) is 5.98. The molecule has 0 aliphatic heterocycles. The molecule has 5 heteroatoms. The van der Waals surface area contributed by atoms with Crippen LogP contribution < -0.4 is 0 Å². The second-order valence-electron chi connectivity index (χ2n) is 15.7. The molecule has 290 valence electrons. The molecular formula is C57H37N5. The molecule has 0 saturated heterocycles. The molecule has 0 aliphatic rings. The molecule has 5 nitrogen and oxygen atoms in total. The molecule has 0 N–H and O–H groups in total. The van der Waals surface area contributed by atoms with Gasteiger partial charge in [0.1, 0.15) is 5.69 Å². The van der Waals surface area contributed by atoms with Crippen LogP contribution in [-0.2, 0) is 0 Å². The molecule has 12 rings (SSSR count). The predicted octanol–water partition coefficient (Wildman–Crippen LogP) is 14.4. The van der Waals surface area contributed by atoms with Crippen molar-refractivity contribution in [1.29, 1.82) is 0 Å². The Morgan fingerprint density at radius 1 is 0.355 bits per heavy atom. The van der Waals surface area contributed by atoms with Gasteiger partial charge in [0.2, 0.25) is 0 Å². The van der Waals surface area contributed by atoms with E-state index in [4.69, 9.17) is 15.1 Å². The molecule has 0 amide bonds. The first-order chi connectivity index (χ1) is 30.7. The van der Waals surface area contributed by atoms with Crippen molar-refractivity contribution in [2.75, 3.05) is 0 Å². The Bertz CT molecular complexity index is 3550. The van der Waals surface area contributed by atoms with E-state index in [2.05, 4.69) is 215 Å². The van der Waals surface area contributed by atoms with Gasteiger partial charge in [-0.05, 0) is 53.4 Å². The first-order valence-corrected chi connectivity index (χ1v) is 20.9. The Morgan fingerprint density at radius 3 is 1.56 bits per heavy atom. The monoisotopic (exact) mass is 791 g/mol. The lowest BCUT2D eigenvalue weighted by Crippen LogP contribution is -1.97. The van der Waals surface area contributed by atoms with E-state index < -0.39 is 0 Å². The Labute approximate surface area is 358 Å². The van der Waals surface area contributed by atoms with Gasteiger partial charge >= 0.3 is 0 Å². The van der Waals surface area contributed by atoms with Crippen molar-refractivity contribution in [3.8, 4) is 73.2 Å². The smallest absolute Gasteiger partial charge is 0.160 e. The van der Waals surface area contributed by atoms with Crippen LogP contribution >= 0.6 is 0 Å². The summed E-state index contributed by atoms with van der Waals surface area (Å²) in [6, 6.07) is 79.0. The molecule has 4 heterocycles. The van der Waals surface area contributed by atoms with E-state index in [1.54, 1.807) is 0 Å². The van der Waals surface area contributed by atoms with Gasteiger partial charge in [-0.3, -0.25) is 0 Å². The number of rotatable bonds is 7. The molecule has 0 bridgehead atoms. The Morgan fingerprint density at radius 2 is 0.887 bits per heavy atom. The SMILES string of the molecule is c1ccc(-c2nc(-c3ccc(-n4c5ccccc5c5ccccc54)cc3)cc(-c3cccc(-c4nn5c(-c6ccccc6)cc6ccccc6c5c4-c4ccccc4)c3)n2)cc1. The van der Waals surface area contributed by atoms with E-state index in [0.717, 1.165) is 78.3 Å². The van der Waals surface area contributed by atoms with Gasteiger partial charge in [-0.1, -0.05) is 182 Å². The fraction of sp³-hybridized carbons (Fsp3) is 0. The number of nitrogens with zero attached hydrogens (tertiary/aromatic N) is 5. The van der Waals surface area contributed by atoms with Gasteiger partial charge in [0, 0.05) is 55.2 Å². The Hall–Kier alpha value is -8.41. The Kier molecular flexibility index (Phi) is 8.42. The van der Waals surface area contributed by atoms with Crippen molar-refractivity contribution in [2.24, 2.45) is 0 Å². The highest BCUT2D eigenvalue weighted by Gasteiger charge is 2.22. The van der Waals surface area contributed by atoms with Crippen LogP contribution in [0.5, 0.6) is 0 Å². The summed E-state index contributed by atoms with van der Waals surface area (Å²) in [5.74, 6) is 0.673. The van der Waals surface area contributed by atoms with Gasteiger partial charge in [-0.25, -0.2) is 14.5 Å². The number of fused-ring (bicyclic) bond motifs is 6. The van der Waals surface area contributed by atoms with E-state index in [1.807, 2.05) is 18.2 Å². The van der Waals surface area contributed by atoms with Crippen molar-refractivity contribution in [2.45, 2.75) is 0 Å². The highest BCUT2D eigenvalue weighted by Crippen LogP contribution is 2.42. The lowest BCUT2D eigenvalue weighted by molar-refractivity contribution is 0.979. The largest absolute Gasteiger partial charge is 0.309 e. The summed E-state index contributed by atoms with van der Waals surface area (Å²) in [5.41, 5.74) is 15.4. The fourth-order valence-corrected chi connectivity index (χ4v) is 9.05. The predicted molar refractivity (Wildman–Crippen MR) is 255 cm³/mol. The zero-order chi connectivity index (χ0) is 41.0. The van der Waals surface area contributed by atoms with Gasteiger partial charge in [0.05, 0.1) is 33.6 Å². The summed E-state index contributed by atoms with van der Waals surface area (Å²) in [7, 11) is 0. The highest BCUT2D eigenvalue weighted by atomic mass is 15.2. The highest BCUT2D eigenvalue weighted by molar-refractivity contribution is 6.10. The minimum absolute atomic E-state index is 0.673. The van der Waals surface area contributed by atoms with Gasteiger partial charge in [-0.15, -0.1) is 0 Å². The number of aromatic nitrogens is 5. The summed E-state index contributed by atoms with van der Waals surface area (Å²) < 4.78 is 4.48. The maximum atomic E-state index is 5.50. The lowest BCUT2D eigenvalue weighted by Gasteiger charge is -2.12.